The largest absolute Gasteiger partial charge is 0.309 e. The van der Waals surface area contributed by atoms with E-state index in [2.05, 4.69) is 31.2 Å². The molecule has 9 nitrogen and oxygen atoms in total. The van der Waals surface area contributed by atoms with Crippen LogP contribution in [0.2, 0.25) is 0 Å². The van der Waals surface area contributed by atoms with E-state index in [1.807, 2.05) is 19.2 Å². The lowest BCUT2D eigenvalue weighted by Gasteiger charge is -2.40. The molecule has 0 unspecified atom stereocenters. The van der Waals surface area contributed by atoms with Crippen LogP contribution in [-0.2, 0) is 6.54 Å². The van der Waals surface area contributed by atoms with E-state index in [-0.39, 0.29) is 22.9 Å². The molecule has 1 N–H and O–H groups in total. The number of hydrogen-bond donors (Lipinski definition) is 1. The minimum atomic E-state index is -0.239. The van der Waals surface area contributed by atoms with Gasteiger partial charge in [0.2, 0.25) is 5.95 Å². The second-order valence-electron chi connectivity index (χ2n) is 11.9. The summed E-state index contributed by atoms with van der Waals surface area (Å²) in [6.07, 6.45) is 14.3. The Bertz CT molecular complexity index is 1410. The minimum absolute atomic E-state index is 0.0544. The number of carbonyl (C=O) groups excluding carboxylic acids is 1. The summed E-state index contributed by atoms with van der Waals surface area (Å²) in [4.78, 5) is 45.0. The van der Waals surface area contributed by atoms with Gasteiger partial charge in [-0.2, -0.15) is 4.98 Å². The van der Waals surface area contributed by atoms with Gasteiger partial charge in [0.25, 0.3) is 5.56 Å². The Kier molecular flexibility index (Phi) is 7.94. The number of hydrogen-bond acceptors (Lipinski definition) is 8. The summed E-state index contributed by atoms with van der Waals surface area (Å²) in [5.41, 5.74) is 2.44. The number of likely N-dealkylation sites (tertiary alicyclic amines) is 2. The maximum Gasteiger partial charge on any atom is 0.263 e. The number of carbonyl (C=O) groups is 1. The molecule has 0 amide bonds. The minimum Gasteiger partial charge on any atom is -0.309 e. The highest BCUT2D eigenvalue weighted by Gasteiger charge is 2.27. The Morgan fingerprint density at radius 1 is 0.925 bits per heavy atom. The van der Waals surface area contributed by atoms with Crippen molar-refractivity contribution in [3.05, 3.63) is 51.6 Å². The molecule has 3 aromatic heterocycles. The summed E-state index contributed by atoms with van der Waals surface area (Å²) in [5, 5.41) is 3.97. The molecule has 3 aliphatic rings. The molecular weight excluding hydrogens is 502 g/mol. The van der Waals surface area contributed by atoms with Crippen molar-refractivity contribution in [2.24, 2.45) is 0 Å². The predicted octanol–water partition coefficient (Wildman–Crippen LogP) is 5.01. The van der Waals surface area contributed by atoms with Crippen molar-refractivity contribution in [2.45, 2.75) is 90.3 Å². The smallest absolute Gasteiger partial charge is 0.263 e. The van der Waals surface area contributed by atoms with E-state index in [4.69, 9.17) is 4.98 Å². The van der Waals surface area contributed by atoms with Gasteiger partial charge in [0.15, 0.2) is 5.78 Å². The molecule has 2 aliphatic heterocycles. The van der Waals surface area contributed by atoms with Crippen molar-refractivity contribution in [2.75, 3.05) is 31.5 Å². The number of ketones is 1. The molecule has 212 valence electrons. The molecule has 5 heterocycles. The van der Waals surface area contributed by atoms with Gasteiger partial charge in [0.05, 0.1) is 5.56 Å². The Hall–Kier alpha value is -3.17. The number of aromatic nitrogens is 4. The van der Waals surface area contributed by atoms with Crippen molar-refractivity contribution < 1.29 is 4.79 Å². The Labute approximate surface area is 236 Å². The average Bonchev–Trinajstić information content (AvgIpc) is 3.49. The summed E-state index contributed by atoms with van der Waals surface area (Å²) in [5.74, 6) is 0.849. The van der Waals surface area contributed by atoms with Crippen molar-refractivity contribution in [3.63, 3.8) is 0 Å². The fourth-order valence-electron chi connectivity index (χ4n) is 7.00. The van der Waals surface area contributed by atoms with Gasteiger partial charge in [-0.05, 0) is 95.7 Å². The van der Waals surface area contributed by atoms with Gasteiger partial charge in [0.1, 0.15) is 11.5 Å². The van der Waals surface area contributed by atoms with Gasteiger partial charge in [0, 0.05) is 36.4 Å². The fraction of sp³-hybridized carbons (Fsp3) is 0.581. The van der Waals surface area contributed by atoms with Crippen LogP contribution in [0.5, 0.6) is 0 Å². The average molecular weight is 544 g/mol. The van der Waals surface area contributed by atoms with Crippen LogP contribution in [0.25, 0.3) is 11.0 Å². The standard InChI is InChI=1S/C31H41N7O2/c1-21-26-19-33-31(35-29(26)38(25-8-4-5-9-25)30(40)28(21)22(2)39)34-27-11-10-23(18-32-27)20-36-16-12-24(13-17-36)37-14-6-3-7-15-37/h10-11,18-19,24-25H,3-9,12-17,20H2,1-2H3,(H,32,33,34,35). The van der Waals surface area contributed by atoms with Crippen molar-refractivity contribution >= 4 is 28.6 Å². The van der Waals surface area contributed by atoms with Crippen LogP contribution in [0, 0.1) is 6.92 Å². The molecule has 40 heavy (non-hydrogen) atoms. The van der Waals surface area contributed by atoms with E-state index in [1.54, 1.807) is 10.8 Å². The van der Waals surface area contributed by atoms with Crippen LogP contribution in [-0.4, -0.2) is 67.3 Å². The van der Waals surface area contributed by atoms with Gasteiger partial charge in [-0.15, -0.1) is 0 Å². The third-order valence-corrected chi connectivity index (χ3v) is 9.19. The molecule has 3 aromatic rings. The lowest BCUT2D eigenvalue weighted by atomic mass is 9.99. The van der Waals surface area contributed by atoms with Gasteiger partial charge in [-0.3, -0.25) is 19.1 Å². The molecule has 9 heteroatoms. The molecule has 0 radical (unpaired) electrons. The number of fused-ring (bicyclic) bond motifs is 1. The summed E-state index contributed by atoms with van der Waals surface area (Å²) in [6.45, 7) is 9.02. The fourth-order valence-corrected chi connectivity index (χ4v) is 7.00. The highest BCUT2D eigenvalue weighted by molar-refractivity contribution is 5.99. The van der Waals surface area contributed by atoms with Crippen molar-refractivity contribution in [1.82, 2.24) is 29.3 Å². The third kappa shape index (κ3) is 5.54. The molecule has 1 aliphatic carbocycles. The molecule has 0 aromatic carbocycles. The molecule has 1 saturated carbocycles. The van der Waals surface area contributed by atoms with Crippen LogP contribution < -0.4 is 10.9 Å². The SMILES string of the molecule is CC(=O)c1c(C)c2cnc(Nc3ccc(CN4CCC(N5CCCCC5)CC4)cn3)nc2n(C2CCCC2)c1=O. The number of aryl methyl sites for hydroxylation is 1. The number of nitrogens with one attached hydrogen (secondary N) is 1. The van der Waals surface area contributed by atoms with Crippen LogP contribution in [0.3, 0.4) is 0 Å². The molecule has 0 spiro atoms. The third-order valence-electron chi connectivity index (χ3n) is 9.19. The second-order valence-corrected chi connectivity index (χ2v) is 11.9. The van der Waals surface area contributed by atoms with E-state index in [9.17, 15) is 9.59 Å². The zero-order valence-electron chi connectivity index (χ0n) is 23.9. The van der Waals surface area contributed by atoms with E-state index in [1.165, 1.54) is 57.7 Å². The van der Waals surface area contributed by atoms with Crippen LogP contribution >= 0.6 is 0 Å². The topological polar surface area (TPSA) is 96.2 Å². The summed E-state index contributed by atoms with van der Waals surface area (Å²) >= 11 is 0. The van der Waals surface area contributed by atoms with Crippen molar-refractivity contribution in [3.8, 4) is 0 Å². The van der Waals surface area contributed by atoms with Crippen LogP contribution in [0.1, 0.15) is 92.2 Å². The predicted molar refractivity (Wildman–Crippen MR) is 157 cm³/mol. The van der Waals surface area contributed by atoms with E-state index in [0.717, 1.165) is 56.7 Å². The number of nitrogens with zero attached hydrogens (tertiary/aromatic N) is 6. The Morgan fingerprint density at radius 2 is 1.68 bits per heavy atom. The highest BCUT2D eigenvalue weighted by Crippen LogP contribution is 2.32. The summed E-state index contributed by atoms with van der Waals surface area (Å²) < 4.78 is 1.74. The summed E-state index contributed by atoms with van der Waals surface area (Å²) in [6, 6.07) is 4.90. The number of pyridine rings is 2. The molecule has 6 rings (SSSR count). The van der Waals surface area contributed by atoms with Gasteiger partial charge in [-0.25, -0.2) is 9.97 Å². The van der Waals surface area contributed by atoms with Crippen LogP contribution in [0.15, 0.2) is 29.3 Å². The first-order chi connectivity index (χ1) is 19.5. The zero-order valence-corrected chi connectivity index (χ0v) is 23.9. The van der Waals surface area contributed by atoms with Crippen molar-refractivity contribution in [1.29, 1.82) is 0 Å². The number of Topliss-reactive ketones (excluding diaryl/α,β-unsaturated/α-hetero) is 1. The molecular formula is C31H41N7O2. The van der Waals surface area contributed by atoms with E-state index < -0.39 is 0 Å². The number of anilines is 2. The zero-order chi connectivity index (χ0) is 27.6. The van der Waals surface area contributed by atoms with Crippen LogP contribution in [0.4, 0.5) is 11.8 Å². The van der Waals surface area contributed by atoms with Gasteiger partial charge in [-0.1, -0.05) is 25.3 Å². The molecule has 2 saturated heterocycles. The second kappa shape index (κ2) is 11.7. The van der Waals surface area contributed by atoms with Gasteiger partial charge < -0.3 is 10.2 Å². The Balaban J connectivity index is 1.15. The molecule has 0 bridgehead atoms. The monoisotopic (exact) mass is 543 g/mol. The van der Waals surface area contributed by atoms with Gasteiger partial charge >= 0.3 is 0 Å². The number of rotatable bonds is 7. The first kappa shape index (κ1) is 27.0. The molecule has 0 atom stereocenters. The van der Waals surface area contributed by atoms with E-state index in [0.29, 0.717) is 23.0 Å². The maximum atomic E-state index is 13.4. The van der Waals surface area contributed by atoms with E-state index >= 15 is 0 Å². The normalized spacial score (nSPS) is 19.9. The Morgan fingerprint density at radius 3 is 2.35 bits per heavy atom. The number of piperidine rings is 2. The molecule has 3 fully saturated rings. The quantitative estimate of drug-likeness (QED) is 0.416. The lowest BCUT2D eigenvalue weighted by molar-refractivity contribution is 0.0896. The maximum absolute atomic E-state index is 13.4. The first-order valence-electron chi connectivity index (χ1n) is 15.1. The lowest BCUT2D eigenvalue weighted by Crippen LogP contribution is -2.46. The first-order valence-corrected chi connectivity index (χ1v) is 15.1. The highest BCUT2D eigenvalue weighted by atomic mass is 16.1. The summed E-state index contributed by atoms with van der Waals surface area (Å²) in [7, 11) is 0.